The van der Waals surface area contributed by atoms with Crippen LogP contribution in [-0.4, -0.2) is 12.6 Å². The van der Waals surface area contributed by atoms with Crippen molar-refractivity contribution in [3.05, 3.63) is 11.6 Å². The maximum absolute atomic E-state index is 11.2. The SMILES string of the molecule is CCOC(=O)/C(C#N)=C/CC(C)CC. The lowest BCUT2D eigenvalue weighted by molar-refractivity contribution is -0.138. The number of rotatable bonds is 5. The summed E-state index contributed by atoms with van der Waals surface area (Å²) in [7, 11) is 0. The molecule has 78 valence electrons. The summed E-state index contributed by atoms with van der Waals surface area (Å²) < 4.78 is 4.73. The average Bonchev–Trinajstić information content (AvgIpc) is 2.18. The molecule has 0 heterocycles. The van der Waals surface area contributed by atoms with Gasteiger partial charge in [-0.15, -0.1) is 0 Å². The van der Waals surface area contributed by atoms with Crippen LogP contribution in [0.15, 0.2) is 11.6 Å². The molecule has 0 N–H and O–H groups in total. The van der Waals surface area contributed by atoms with Gasteiger partial charge in [-0.3, -0.25) is 0 Å². The third kappa shape index (κ3) is 4.66. The van der Waals surface area contributed by atoms with Crippen molar-refractivity contribution < 1.29 is 9.53 Å². The molecule has 0 aromatic rings. The quantitative estimate of drug-likeness (QED) is 0.384. The van der Waals surface area contributed by atoms with E-state index in [2.05, 4.69) is 13.8 Å². The lowest BCUT2D eigenvalue weighted by Crippen LogP contribution is -2.06. The summed E-state index contributed by atoms with van der Waals surface area (Å²) in [5.74, 6) is -0.0221. The number of allylic oxidation sites excluding steroid dienone is 1. The molecule has 0 bridgehead atoms. The predicted molar refractivity (Wildman–Crippen MR) is 54.4 cm³/mol. The first-order valence-electron chi connectivity index (χ1n) is 4.93. The summed E-state index contributed by atoms with van der Waals surface area (Å²) in [4.78, 5) is 11.2. The second-order valence-electron chi connectivity index (χ2n) is 3.20. The molecule has 0 fully saturated rings. The van der Waals surface area contributed by atoms with Gasteiger partial charge >= 0.3 is 5.97 Å². The number of hydrogen-bond donors (Lipinski definition) is 0. The maximum atomic E-state index is 11.2. The van der Waals surface area contributed by atoms with Gasteiger partial charge in [-0.2, -0.15) is 5.26 Å². The average molecular weight is 195 g/mol. The molecule has 0 rings (SSSR count). The van der Waals surface area contributed by atoms with Crippen LogP contribution in [0.4, 0.5) is 0 Å². The molecule has 3 nitrogen and oxygen atoms in total. The third-order valence-electron chi connectivity index (χ3n) is 2.04. The Morgan fingerprint density at radius 2 is 2.21 bits per heavy atom. The molecule has 3 heteroatoms. The van der Waals surface area contributed by atoms with Gasteiger partial charge in [0.05, 0.1) is 6.61 Å². The van der Waals surface area contributed by atoms with Crippen LogP contribution in [0, 0.1) is 17.2 Å². The fourth-order valence-corrected chi connectivity index (χ4v) is 0.869. The first-order chi connectivity index (χ1) is 6.65. The van der Waals surface area contributed by atoms with Crippen LogP contribution in [0.5, 0.6) is 0 Å². The van der Waals surface area contributed by atoms with Crippen LogP contribution in [0.1, 0.15) is 33.6 Å². The molecular weight excluding hydrogens is 178 g/mol. The van der Waals surface area contributed by atoms with Gasteiger partial charge in [0, 0.05) is 0 Å². The second-order valence-corrected chi connectivity index (χ2v) is 3.20. The van der Waals surface area contributed by atoms with Crippen molar-refractivity contribution in [3.8, 4) is 6.07 Å². The molecule has 0 saturated carbocycles. The van der Waals surface area contributed by atoms with E-state index in [1.807, 2.05) is 6.07 Å². The molecule has 1 atom stereocenters. The van der Waals surface area contributed by atoms with Crippen molar-refractivity contribution in [2.75, 3.05) is 6.61 Å². The highest BCUT2D eigenvalue weighted by Crippen LogP contribution is 2.09. The molecular formula is C11H17NO2. The van der Waals surface area contributed by atoms with Crippen LogP contribution in [0.2, 0.25) is 0 Å². The minimum atomic E-state index is -0.515. The van der Waals surface area contributed by atoms with Crippen molar-refractivity contribution in [1.82, 2.24) is 0 Å². The monoisotopic (exact) mass is 195 g/mol. The van der Waals surface area contributed by atoms with Crippen LogP contribution in [-0.2, 0) is 9.53 Å². The largest absolute Gasteiger partial charge is 0.462 e. The van der Waals surface area contributed by atoms with Crippen molar-refractivity contribution in [2.45, 2.75) is 33.6 Å². The van der Waals surface area contributed by atoms with Gasteiger partial charge in [0.25, 0.3) is 0 Å². The molecule has 0 spiro atoms. The summed E-state index contributed by atoms with van der Waals surface area (Å²) >= 11 is 0. The standard InChI is InChI=1S/C11H17NO2/c1-4-9(3)6-7-10(8-12)11(13)14-5-2/h7,9H,4-6H2,1-3H3/b10-7+. The van der Waals surface area contributed by atoms with Crippen LogP contribution in [0.25, 0.3) is 0 Å². The lowest BCUT2D eigenvalue weighted by atomic mass is 10.0. The predicted octanol–water partition coefficient (Wildman–Crippen LogP) is 2.44. The minimum absolute atomic E-state index is 0.118. The van der Waals surface area contributed by atoms with Crippen molar-refractivity contribution in [1.29, 1.82) is 5.26 Å². The number of ether oxygens (including phenoxy) is 1. The van der Waals surface area contributed by atoms with Crippen LogP contribution in [0.3, 0.4) is 0 Å². The first kappa shape index (κ1) is 12.7. The molecule has 0 aromatic heterocycles. The lowest BCUT2D eigenvalue weighted by Gasteiger charge is -2.04. The minimum Gasteiger partial charge on any atom is -0.462 e. The van der Waals surface area contributed by atoms with Gasteiger partial charge in [-0.1, -0.05) is 26.3 Å². The first-order valence-corrected chi connectivity index (χ1v) is 4.93. The molecule has 14 heavy (non-hydrogen) atoms. The Balaban J connectivity index is 4.27. The number of esters is 1. The molecule has 0 aliphatic carbocycles. The Hall–Kier alpha value is -1.30. The van der Waals surface area contributed by atoms with E-state index < -0.39 is 5.97 Å². The summed E-state index contributed by atoms with van der Waals surface area (Å²) in [6.45, 7) is 6.19. The Labute approximate surface area is 85.4 Å². The Morgan fingerprint density at radius 3 is 2.64 bits per heavy atom. The number of hydrogen-bond acceptors (Lipinski definition) is 3. The van der Waals surface area contributed by atoms with Gasteiger partial charge in [0.2, 0.25) is 0 Å². The fraction of sp³-hybridized carbons (Fsp3) is 0.636. The van der Waals surface area contributed by atoms with Crippen molar-refractivity contribution in [2.24, 2.45) is 5.92 Å². The molecule has 0 saturated heterocycles. The number of nitrogens with zero attached hydrogens (tertiary/aromatic N) is 1. The number of carbonyl (C=O) groups excluding carboxylic acids is 1. The summed E-state index contributed by atoms with van der Waals surface area (Å²) in [6.07, 6.45) is 3.45. The zero-order chi connectivity index (χ0) is 11.0. The van der Waals surface area contributed by atoms with Crippen LogP contribution < -0.4 is 0 Å². The van der Waals surface area contributed by atoms with Gasteiger partial charge < -0.3 is 4.74 Å². The smallest absolute Gasteiger partial charge is 0.348 e. The molecule has 0 amide bonds. The van der Waals surface area contributed by atoms with Gasteiger partial charge in [-0.05, 0) is 19.3 Å². The summed E-state index contributed by atoms with van der Waals surface area (Å²) in [6, 6.07) is 1.85. The Kier molecular flexibility index (Phi) is 6.47. The van der Waals surface area contributed by atoms with Crippen molar-refractivity contribution in [3.63, 3.8) is 0 Å². The van der Waals surface area contributed by atoms with Crippen LogP contribution >= 0.6 is 0 Å². The number of nitriles is 1. The van der Waals surface area contributed by atoms with E-state index in [0.29, 0.717) is 12.5 Å². The highest BCUT2D eigenvalue weighted by Gasteiger charge is 2.09. The third-order valence-corrected chi connectivity index (χ3v) is 2.04. The zero-order valence-corrected chi connectivity index (χ0v) is 9.04. The summed E-state index contributed by atoms with van der Waals surface area (Å²) in [5, 5.41) is 8.69. The molecule has 0 aliphatic rings. The zero-order valence-electron chi connectivity index (χ0n) is 9.04. The molecule has 0 aliphatic heterocycles. The van der Waals surface area contributed by atoms with Gasteiger partial charge in [0.15, 0.2) is 0 Å². The van der Waals surface area contributed by atoms with E-state index in [4.69, 9.17) is 10.00 Å². The van der Waals surface area contributed by atoms with E-state index in [1.165, 1.54) is 0 Å². The van der Waals surface area contributed by atoms with E-state index in [1.54, 1.807) is 13.0 Å². The normalized spacial score (nSPS) is 13.1. The molecule has 0 radical (unpaired) electrons. The highest BCUT2D eigenvalue weighted by atomic mass is 16.5. The Morgan fingerprint density at radius 1 is 1.57 bits per heavy atom. The van der Waals surface area contributed by atoms with E-state index >= 15 is 0 Å². The van der Waals surface area contributed by atoms with Gasteiger partial charge in [0.1, 0.15) is 11.6 Å². The van der Waals surface area contributed by atoms with Gasteiger partial charge in [-0.25, -0.2) is 4.79 Å². The molecule has 1 unspecified atom stereocenters. The Bertz CT molecular complexity index is 251. The van der Waals surface area contributed by atoms with E-state index in [0.717, 1.165) is 12.8 Å². The van der Waals surface area contributed by atoms with E-state index in [-0.39, 0.29) is 5.57 Å². The number of carbonyl (C=O) groups is 1. The topological polar surface area (TPSA) is 50.1 Å². The summed E-state index contributed by atoms with van der Waals surface area (Å²) in [5.41, 5.74) is 0.118. The fourth-order valence-electron chi connectivity index (χ4n) is 0.869. The van der Waals surface area contributed by atoms with E-state index in [9.17, 15) is 4.79 Å². The highest BCUT2D eigenvalue weighted by molar-refractivity contribution is 5.92. The maximum Gasteiger partial charge on any atom is 0.348 e. The second kappa shape index (κ2) is 7.14. The molecule has 0 aromatic carbocycles. The van der Waals surface area contributed by atoms with Crippen molar-refractivity contribution >= 4 is 5.97 Å².